The van der Waals surface area contributed by atoms with Gasteiger partial charge in [-0.15, -0.1) is 0 Å². The number of anilines is 1. The number of nitrogens with one attached hydrogen (secondary N) is 1. The number of rotatable bonds is 6. The molecule has 1 aromatic heterocycles. The summed E-state index contributed by atoms with van der Waals surface area (Å²) in [5.41, 5.74) is 1.09. The first-order chi connectivity index (χ1) is 8.83. The van der Waals surface area contributed by atoms with Crippen molar-refractivity contribution in [1.82, 2.24) is 9.97 Å². The van der Waals surface area contributed by atoms with Crippen molar-refractivity contribution in [1.29, 1.82) is 0 Å². The molecule has 1 aliphatic rings. The molecule has 1 aromatic rings. The van der Waals surface area contributed by atoms with Crippen LogP contribution >= 0.6 is 0 Å². The van der Waals surface area contributed by atoms with E-state index in [0.29, 0.717) is 12.5 Å². The van der Waals surface area contributed by atoms with Gasteiger partial charge in [0.25, 0.3) is 0 Å². The van der Waals surface area contributed by atoms with Crippen molar-refractivity contribution in [3.63, 3.8) is 0 Å². The van der Waals surface area contributed by atoms with Gasteiger partial charge in [0.2, 0.25) is 0 Å². The topological polar surface area (TPSA) is 56.3 Å². The fraction of sp³-hybridized carbons (Fsp3) is 0.538. The average Bonchev–Trinajstić information content (AvgIpc) is 2.94. The molecule has 5 nitrogen and oxygen atoms in total. The monoisotopic (exact) mass is 249 g/mol. The Kier molecular flexibility index (Phi) is 4.66. The second-order valence-corrected chi connectivity index (χ2v) is 4.25. The van der Waals surface area contributed by atoms with Gasteiger partial charge in [0.1, 0.15) is 12.1 Å². The summed E-state index contributed by atoms with van der Waals surface area (Å²) in [5, 5.41) is 3.19. The Labute approximate surface area is 107 Å². The molecular weight excluding hydrogens is 230 g/mol. The number of nitrogens with zero attached hydrogens (tertiary/aromatic N) is 2. The minimum absolute atomic E-state index is 0.267. The number of methoxy groups -OCH3 is 2. The van der Waals surface area contributed by atoms with Crippen LogP contribution in [-0.2, 0) is 9.47 Å². The highest BCUT2D eigenvalue weighted by Gasteiger charge is 2.15. The summed E-state index contributed by atoms with van der Waals surface area (Å²) in [5.74, 6) is 1.31. The number of ether oxygens (including phenoxy) is 2. The highest BCUT2D eigenvalue weighted by Crippen LogP contribution is 2.28. The largest absolute Gasteiger partial charge is 0.365 e. The number of hydrogen-bond acceptors (Lipinski definition) is 5. The van der Waals surface area contributed by atoms with Crippen LogP contribution in [0.25, 0.3) is 0 Å². The van der Waals surface area contributed by atoms with E-state index < -0.39 is 0 Å². The molecule has 0 bridgehead atoms. The Morgan fingerprint density at radius 2 is 2.00 bits per heavy atom. The maximum atomic E-state index is 5.11. The number of allylic oxidation sites excluding steroid dienone is 2. The standard InChI is InChI=1S/C13H19N3O2/c1-17-13(18-2)8-14-12-7-11(15-9-16-12)10-5-3-4-6-10/h3-4,7,9-10,13H,5-6,8H2,1-2H3,(H,14,15,16). The van der Waals surface area contributed by atoms with Crippen LogP contribution in [-0.4, -0.2) is 37.0 Å². The van der Waals surface area contributed by atoms with E-state index in [-0.39, 0.29) is 6.29 Å². The second kappa shape index (κ2) is 6.47. The van der Waals surface area contributed by atoms with Gasteiger partial charge in [-0.2, -0.15) is 0 Å². The smallest absolute Gasteiger partial charge is 0.173 e. The average molecular weight is 249 g/mol. The molecule has 0 aromatic carbocycles. The molecule has 1 N–H and O–H groups in total. The van der Waals surface area contributed by atoms with Crippen molar-refractivity contribution in [2.24, 2.45) is 0 Å². The van der Waals surface area contributed by atoms with Crippen molar-refractivity contribution in [2.45, 2.75) is 25.0 Å². The molecule has 0 atom stereocenters. The van der Waals surface area contributed by atoms with Gasteiger partial charge in [0.15, 0.2) is 6.29 Å². The third-order valence-corrected chi connectivity index (χ3v) is 3.09. The van der Waals surface area contributed by atoms with Gasteiger partial charge in [0, 0.05) is 31.9 Å². The highest BCUT2D eigenvalue weighted by atomic mass is 16.7. The minimum atomic E-state index is -0.267. The van der Waals surface area contributed by atoms with Crippen LogP contribution in [0.2, 0.25) is 0 Å². The maximum Gasteiger partial charge on any atom is 0.173 e. The summed E-state index contributed by atoms with van der Waals surface area (Å²) in [6, 6.07) is 2.00. The zero-order valence-corrected chi connectivity index (χ0v) is 10.8. The van der Waals surface area contributed by atoms with Crippen molar-refractivity contribution in [2.75, 3.05) is 26.1 Å². The molecule has 0 radical (unpaired) electrons. The van der Waals surface area contributed by atoms with Crippen LogP contribution in [0.15, 0.2) is 24.5 Å². The lowest BCUT2D eigenvalue weighted by Gasteiger charge is -2.15. The summed E-state index contributed by atoms with van der Waals surface area (Å²) >= 11 is 0. The van der Waals surface area contributed by atoms with E-state index in [1.54, 1.807) is 20.5 Å². The second-order valence-electron chi connectivity index (χ2n) is 4.25. The molecule has 0 spiro atoms. The van der Waals surface area contributed by atoms with E-state index in [9.17, 15) is 0 Å². The highest BCUT2D eigenvalue weighted by molar-refractivity contribution is 5.36. The molecule has 0 aliphatic heterocycles. The number of aromatic nitrogens is 2. The van der Waals surface area contributed by atoms with Gasteiger partial charge in [-0.25, -0.2) is 9.97 Å². The first-order valence-electron chi connectivity index (χ1n) is 6.10. The summed E-state index contributed by atoms with van der Waals surface area (Å²) in [6.45, 7) is 0.562. The molecule has 1 aliphatic carbocycles. The van der Waals surface area contributed by atoms with E-state index in [4.69, 9.17) is 9.47 Å². The minimum Gasteiger partial charge on any atom is -0.365 e. The molecule has 0 saturated heterocycles. The van der Waals surface area contributed by atoms with Crippen LogP contribution in [0, 0.1) is 0 Å². The summed E-state index contributed by atoms with van der Waals surface area (Å²) in [4.78, 5) is 8.53. The summed E-state index contributed by atoms with van der Waals surface area (Å²) in [6.07, 6.45) is 7.86. The third-order valence-electron chi connectivity index (χ3n) is 3.09. The molecular formula is C13H19N3O2. The van der Waals surface area contributed by atoms with Crippen LogP contribution in [0.5, 0.6) is 0 Å². The Balaban J connectivity index is 1.94. The summed E-state index contributed by atoms with van der Waals surface area (Å²) in [7, 11) is 3.23. The van der Waals surface area contributed by atoms with E-state index in [1.807, 2.05) is 6.07 Å². The molecule has 0 amide bonds. The Bertz CT molecular complexity index is 397. The van der Waals surface area contributed by atoms with E-state index in [1.165, 1.54) is 0 Å². The predicted molar refractivity (Wildman–Crippen MR) is 69.4 cm³/mol. The van der Waals surface area contributed by atoms with Crippen LogP contribution < -0.4 is 5.32 Å². The number of hydrogen-bond donors (Lipinski definition) is 1. The zero-order chi connectivity index (χ0) is 12.8. The Hall–Kier alpha value is -1.46. The van der Waals surface area contributed by atoms with E-state index in [2.05, 4.69) is 27.4 Å². The molecule has 1 heterocycles. The first kappa shape index (κ1) is 13.0. The van der Waals surface area contributed by atoms with Crippen LogP contribution in [0.4, 0.5) is 5.82 Å². The van der Waals surface area contributed by atoms with Crippen molar-refractivity contribution >= 4 is 5.82 Å². The van der Waals surface area contributed by atoms with Gasteiger partial charge in [0.05, 0.1) is 6.54 Å². The normalized spacial score (nSPS) is 15.5. The Morgan fingerprint density at radius 1 is 1.28 bits per heavy atom. The SMILES string of the molecule is COC(CNc1cc(C2CC=CC2)ncn1)OC. The quantitative estimate of drug-likeness (QED) is 0.617. The van der Waals surface area contributed by atoms with Crippen molar-refractivity contribution < 1.29 is 9.47 Å². The van der Waals surface area contributed by atoms with Gasteiger partial charge < -0.3 is 14.8 Å². The predicted octanol–water partition coefficient (Wildman–Crippen LogP) is 1.94. The van der Waals surface area contributed by atoms with Gasteiger partial charge >= 0.3 is 0 Å². The zero-order valence-electron chi connectivity index (χ0n) is 10.8. The lowest BCUT2D eigenvalue weighted by molar-refractivity contribution is -0.0914. The summed E-state index contributed by atoms with van der Waals surface area (Å²) < 4.78 is 10.2. The maximum absolute atomic E-state index is 5.11. The molecule has 18 heavy (non-hydrogen) atoms. The lowest BCUT2D eigenvalue weighted by atomic mass is 10.0. The fourth-order valence-electron chi connectivity index (χ4n) is 2.00. The molecule has 98 valence electrons. The van der Waals surface area contributed by atoms with Crippen LogP contribution in [0.3, 0.4) is 0 Å². The van der Waals surface area contributed by atoms with Crippen molar-refractivity contribution in [3.8, 4) is 0 Å². The fourth-order valence-corrected chi connectivity index (χ4v) is 2.00. The van der Waals surface area contributed by atoms with Gasteiger partial charge in [-0.05, 0) is 12.8 Å². The van der Waals surface area contributed by atoms with E-state index >= 15 is 0 Å². The van der Waals surface area contributed by atoms with Gasteiger partial charge in [-0.3, -0.25) is 0 Å². The Morgan fingerprint density at radius 3 is 2.67 bits per heavy atom. The van der Waals surface area contributed by atoms with Crippen molar-refractivity contribution in [3.05, 3.63) is 30.2 Å². The lowest BCUT2D eigenvalue weighted by Crippen LogP contribution is -2.24. The molecule has 0 saturated carbocycles. The van der Waals surface area contributed by atoms with Gasteiger partial charge in [-0.1, -0.05) is 12.2 Å². The van der Waals surface area contributed by atoms with Crippen LogP contribution in [0.1, 0.15) is 24.5 Å². The molecule has 2 rings (SSSR count). The van der Waals surface area contributed by atoms with E-state index in [0.717, 1.165) is 24.4 Å². The molecule has 5 heteroatoms. The molecule has 0 fully saturated rings. The third kappa shape index (κ3) is 3.27. The first-order valence-corrected chi connectivity index (χ1v) is 6.10. The molecule has 0 unspecified atom stereocenters.